The number of hydrogen-bond acceptors (Lipinski definition) is 4. The predicted molar refractivity (Wildman–Crippen MR) is 76.0 cm³/mol. The predicted octanol–water partition coefficient (Wildman–Crippen LogP) is 4.26. The number of benzene rings is 1. The Morgan fingerprint density at radius 1 is 1.28 bits per heavy atom. The monoisotopic (exact) mass is 371 g/mol. The van der Waals surface area contributed by atoms with Gasteiger partial charge in [0.2, 0.25) is 5.82 Å². The first-order chi connectivity index (χ1) is 8.58. The Balaban J connectivity index is 2.41. The van der Waals surface area contributed by atoms with Crippen molar-refractivity contribution in [2.75, 3.05) is 5.32 Å². The van der Waals surface area contributed by atoms with Gasteiger partial charge in [-0.15, -0.1) is 0 Å². The summed E-state index contributed by atoms with van der Waals surface area (Å²) in [4.78, 5) is 14.5. The lowest BCUT2D eigenvalue weighted by Gasteiger charge is -2.07. The van der Waals surface area contributed by atoms with E-state index in [0.29, 0.717) is 4.47 Å². The summed E-state index contributed by atoms with van der Waals surface area (Å²) in [5.74, 6) is 0.204. The van der Waals surface area contributed by atoms with Crippen LogP contribution in [0.1, 0.15) is 0 Å². The third-order valence-corrected chi connectivity index (χ3v) is 3.28. The van der Waals surface area contributed by atoms with E-state index in [-0.39, 0.29) is 11.5 Å². The summed E-state index contributed by atoms with van der Waals surface area (Å²) < 4.78 is 1.37. The molecule has 2 aromatic rings. The molecule has 92 valence electrons. The molecule has 0 aliphatic carbocycles. The Kier molecular flexibility index (Phi) is 3.93. The maximum atomic E-state index is 10.9. The molecule has 7 heteroatoms. The number of nitrogens with one attached hydrogen (secondary N) is 1. The lowest BCUT2D eigenvalue weighted by atomic mass is 10.3. The van der Waals surface area contributed by atoms with Crippen molar-refractivity contribution < 1.29 is 4.92 Å². The largest absolute Gasteiger partial charge is 0.334 e. The quantitative estimate of drug-likeness (QED) is 0.645. The van der Waals surface area contributed by atoms with E-state index in [1.165, 1.54) is 12.3 Å². The Labute approximate surface area is 120 Å². The number of para-hydroxylation sites is 1. The molecule has 1 aromatic heterocycles. The third kappa shape index (κ3) is 2.85. The van der Waals surface area contributed by atoms with Gasteiger partial charge in [-0.3, -0.25) is 10.1 Å². The summed E-state index contributed by atoms with van der Waals surface area (Å²) in [7, 11) is 0. The molecule has 0 spiro atoms. The van der Waals surface area contributed by atoms with Crippen molar-refractivity contribution in [1.82, 2.24) is 4.98 Å². The van der Waals surface area contributed by atoms with Gasteiger partial charge in [0.05, 0.1) is 10.6 Å². The third-order valence-electron chi connectivity index (χ3n) is 2.16. The number of nitrogens with zero attached hydrogens (tertiary/aromatic N) is 2. The first-order valence-electron chi connectivity index (χ1n) is 4.89. The van der Waals surface area contributed by atoms with Crippen LogP contribution in [0.25, 0.3) is 0 Å². The van der Waals surface area contributed by atoms with Gasteiger partial charge < -0.3 is 5.32 Å². The zero-order valence-electron chi connectivity index (χ0n) is 8.93. The fourth-order valence-corrected chi connectivity index (χ4v) is 2.06. The van der Waals surface area contributed by atoms with Gasteiger partial charge in [0.25, 0.3) is 0 Å². The summed E-state index contributed by atoms with van der Waals surface area (Å²) in [6, 6.07) is 8.74. The molecule has 18 heavy (non-hydrogen) atoms. The topological polar surface area (TPSA) is 68.1 Å². The molecule has 1 aromatic carbocycles. The number of anilines is 2. The number of nitro groups is 1. The fourth-order valence-electron chi connectivity index (χ4n) is 1.35. The zero-order chi connectivity index (χ0) is 13.1. The lowest BCUT2D eigenvalue weighted by Crippen LogP contribution is -2.00. The molecule has 0 fully saturated rings. The van der Waals surface area contributed by atoms with Crippen molar-refractivity contribution in [2.24, 2.45) is 0 Å². The van der Waals surface area contributed by atoms with Crippen LogP contribution in [0.5, 0.6) is 0 Å². The number of aromatic nitrogens is 1. The van der Waals surface area contributed by atoms with Gasteiger partial charge in [-0.2, -0.15) is 0 Å². The van der Waals surface area contributed by atoms with Crippen molar-refractivity contribution in [1.29, 1.82) is 0 Å². The smallest absolute Gasteiger partial charge is 0.312 e. The first-order valence-corrected chi connectivity index (χ1v) is 6.48. The minimum absolute atomic E-state index is 0.0832. The van der Waals surface area contributed by atoms with Crippen molar-refractivity contribution in [3.63, 3.8) is 0 Å². The Bertz CT molecular complexity index is 605. The van der Waals surface area contributed by atoms with Gasteiger partial charge in [-0.25, -0.2) is 4.98 Å². The van der Waals surface area contributed by atoms with Crippen LogP contribution in [-0.4, -0.2) is 9.91 Å². The maximum absolute atomic E-state index is 10.9. The van der Waals surface area contributed by atoms with E-state index >= 15 is 0 Å². The van der Waals surface area contributed by atoms with Crippen molar-refractivity contribution in [2.45, 2.75) is 0 Å². The average molecular weight is 373 g/mol. The molecular formula is C11H7Br2N3O2. The molecule has 0 amide bonds. The van der Waals surface area contributed by atoms with Crippen LogP contribution in [0, 0.1) is 10.1 Å². The second kappa shape index (κ2) is 5.45. The van der Waals surface area contributed by atoms with E-state index in [4.69, 9.17) is 0 Å². The molecule has 0 saturated heterocycles. The van der Waals surface area contributed by atoms with Crippen LogP contribution in [0.2, 0.25) is 0 Å². The molecule has 0 atom stereocenters. The molecule has 1 N–H and O–H groups in total. The summed E-state index contributed by atoms with van der Waals surface area (Å²) in [6.07, 6.45) is 1.51. The van der Waals surface area contributed by atoms with Gasteiger partial charge in [0, 0.05) is 21.2 Å². The van der Waals surface area contributed by atoms with Crippen molar-refractivity contribution >= 4 is 49.1 Å². The molecule has 0 unspecified atom stereocenters. The highest BCUT2D eigenvalue weighted by Crippen LogP contribution is 2.30. The highest BCUT2D eigenvalue weighted by molar-refractivity contribution is 9.10. The minimum atomic E-state index is -0.475. The Morgan fingerprint density at radius 2 is 2.00 bits per heavy atom. The normalized spacial score (nSPS) is 10.1. The molecule has 5 nitrogen and oxygen atoms in total. The molecule has 0 saturated carbocycles. The van der Waals surface area contributed by atoms with E-state index in [1.54, 1.807) is 6.07 Å². The van der Waals surface area contributed by atoms with Crippen molar-refractivity contribution in [3.05, 3.63) is 55.6 Å². The average Bonchev–Trinajstić information content (AvgIpc) is 2.34. The van der Waals surface area contributed by atoms with Gasteiger partial charge in [-0.05, 0) is 44.0 Å². The van der Waals surface area contributed by atoms with Crippen LogP contribution in [0.15, 0.2) is 45.5 Å². The highest BCUT2D eigenvalue weighted by atomic mass is 79.9. The summed E-state index contributed by atoms with van der Waals surface area (Å²) in [6.45, 7) is 0. The van der Waals surface area contributed by atoms with Crippen LogP contribution >= 0.6 is 31.9 Å². The molecule has 0 radical (unpaired) electrons. The van der Waals surface area contributed by atoms with Gasteiger partial charge in [0.1, 0.15) is 0 Å². The van der Waals surface area contributed by atoms with E-state index < -0.39 is 4.92 Å². The van der Waals surface area contributed by atoms with E-state index in [2.05, 4.69) is 42.2 Å². The van der Waals surface area contributed by atoms with Crippen molar-refractivity contribution in [3.8, 4) is 0 Å². The maximum Gasteiger partial charge on any atom is 0.312 e. The summed E-state index contributed by atoms with van der Waals surface area (Å²) in [5, 5.41) is 13.9. The minimum Gasteiger partial charge on any atom is -0.334 e. The van der Waals surface area contributed by atoms with Gasteiger partial charge >= 0.3 is 5.69 Å². The Morgan fingerprint density at radius 3 is 2.67 bits per heavy atom. The lowest BCUT2D eigenvalue weighted by molar-refractivity contribution is -0.384. The van der Waals surface area contributed by atoms with E-state index in [1.807, 2.05) is 18.2 Å². The van der Waals surface area contributed by atoms with E-state index in [9.17, 15) is 10.1 Å². The van der Waals surface area contributed by atoms with E-state index in [0.717, 1.165) is 10.2 Å². The molecule has 0 bridgehead atoms. The molecule has 0 aliphatic rings. The SMILES string of the molecule is O=[N+]([O-])c1cc(Br)cnc1Nc1ccccc1Br. The molecule has 1 heterocycles. The van der Waals surface area contributed by atoms with Gasteiger partial charge in [-0.1, -0.05) is 12.1 Å². The highest BCUT2D eigenvalue weighted by Gasteiger charge is 2.16. The van der Waals surface area contributed by atoms with Crippen LogP contribution < -0.4 is 5.32 Å². The van der Waals surface area contributed by atoms with Crippen LogP contribution in [0.4, 0.5) is 17.2 Å². The number of hydrogen-bond donors (Lipinski definition) is 1. The summed E-state index contributed by atoms with van der Waals surface area (Å²) in [5.41, 5.74) is 0.635. The Hall–Kier alpha value is -1.47. The fraction of sp³-hybridized carbons (Fsp3) is 0. The van der Waals surface area contributed by atoms with Crippen LogP contribution in [0.3, 0.4) is 0 Å². The first kappa shape index (κ1) is 13.0. The summed E-state index contributed by atoms with van der Waals surface area (Å²) >= 11 is 6.52. The molecular weight excluding hydrogens is 366 g/mol. The zero-order valence-corrected chi connectivity index (χ0v) is 12.1. The second-order valence-electron chi connectivity index (χ2n) is 3.38. The second-order valence-corrected chi connectivity index (χ2v) is 5.15. The van der Waals surface area contributed by atoms with Crippen LogP contribution in [-0.2, 0) is 0 Å². The van der Waals surface area contributed by atoms with Gasteiger partial charge in [0.15, 0.2) is 0 Å². The molecule has 2 rings (SSSR count). The standard InChI is InChI=1S/C11H7Br2N3O2/c12-7-5-10(16(17)18)11(14-6-7)15-9-4-2-1-3-8(9)13/h1-6H,(H,14,15). The number of halogens is 2. The molecule has 0 aliphatic heterocycles. The number of pyridine rings is 1. The number of rotatable bonds is 3.